The number of rotatable bonds is 6. The molecule has 0 aliphatic rings. The van der Waals surface area contributed by atoms with Gasteiger partial charge in [-0.25, -0.2) is 4.39 Å². The van der Waals surface area contributed by atoms with E-state index < -0.39 is 17.7 Å². The van der Waals surface area contributed by atoms with Crippen molar-refractivity contribution in [3.63, 3.8) is 0 Å². The third-order valence-corrected chi connectivity index (χ3v) is 2.58. The average molecular weight is 253 g/mol. The zero-order valence-corrected chi connectivity index (χ0v) is 10.1. The lowest BCUT2D eigenvalue weighted by molar-refractivity contribution is -0.137. The Morgan fingerprint density at radius 1 is 1.39 bits per heavy atom. The number of amides is 1. The van der Waals surface area contributed by atoms with E-state index in [0.29, 0.717) is 13.0 Å². The first-order valence-electron chi connectivity index (χ1n) is 5.75. The molecule has 1 aromatic rings. The second-order valence-corrected chi connectivity index (χ2v) is 4.23. The van der Waals surface area contributed by atoms with Crippen molar-refractivity contribution >= 4 is 11.9 Å². The van der Waals surface area contributed by atoms with Crippen molar-refractivity contribution < 1.29 is 19.1 Å². The number of aliphatic carboxylic acids is 1. The van der Waals surface area contributed by atoms with E-state index in [2.05, 4.69) is 5.32 Å². The molecule has 5 heteroatoms. The average Bonchev–Trinajstić information content (AvgIpc) is 2.34. The highest BCUT2D eigenvalue weighted by Crippen LogP contribution is 2.07. The van der Waals surface area contributed by atoms with Crippen LogP contribution in [0.1, 0.15) is 30.1 Å². The van der Waals surface area contributed by atoms with Gasteiger partial charge in [-0.1, -0.05) is 19.1 Å². The van der Waals surface area contributed by atoms with Crippen LogP contribution in [-0.2, 0) is 4.79 Å². The molecular weight excluding hydrogens is 237 g/mol. The van der Waals surface area contributed by atoms with Crippen LogP contribution in [0.25, 0.3) is 0 Å². The second-order valence-electron chi connectivity index (χ2n) is 4.23. The fourth-order valence-electron chi connectivity index (χ4n) is 1.48. The van der Waals surface area contributed by atoms with Crippen LogP contribution in [0.15, 0.2) is 24.3 Å². The molecule has 18 heavy (non-hydrogen) atoms. The third-order valence-electron chi connectivity index (χ3n) is 2.58. The molecule has 1 amide bonds. The first-order chi connectivity index (χ1) is 8.50. The number of carboxylic acid groups (broad SMARTS) is 1. The fraction of sp³-hybridized carbons (Fsp3) is 0.385. The van der Waals surface area contributed by atoms with E-state index in [1.165, 1.54) is 18.2 Å². The number of nitrogens with one attached hydrogen (secondary N) is 1. The molecule has 1 rings (SSSR count). The van der Waals surface area contributed by atoms with E-state index in [1.807, 2.05) is 6.92 Å². The minimum atomic E-state index is -0.859. The van der Waals surface area contributed by atoms with Gasteiger partial charge in [-0.05, 0) is 24.5 Å². The van der Waals surface area contributed by atoms with Crippen molar-refractivity contribution in [3.8, 4) is 0 Å². The van der Waals surface area contributed by atoms with Gasteiger partial charge in [0.25, 0.3) is 5.91 Å². The van der Waals surface area contributed by atoms with E-state index in [4.69, 9.17) is 5.11 Å². The van der Waals surface area contributed by atoms with Gasteiger partial charge in [0.1, 0.15) is 5.82 Å². The maximum Gasteiger partial charge on any atom is 0.303 e. The fourth-order valence-corrected chi connectivity index (χ4v) is 1.48. The van der Waals surface area contributed by atoms with Gasteiger partial charge >= 0.3 is 5.97 Å². The standard InChI is InChI=1S/C13H16FNO3/c1-9(6-7-12(16)17)8-15-13(18)10-4-2-3-5-11(10)14/h2-5,9H,6-8H2,1H3,(H,15,18)(H,16,17). The molecule has 1 atom stereocenters. The maximum atomic E-state index is 13.3. The molecule has 1 unspecified atom stereocenters. The van der Waals surface area contributed by atoms with Gasteiger partial charge in [-0.3, -0.25) is 9.59 Å². The van der Waals surface area contributed by atoms with E-state index in [9.17, 15) is 14.0 Å². The summed E-state index contributed by atoms with van der Waals surface area (Å²) in [6.07, 6.45) is 0.545. The quantitative estimate of drug-likeness (QED) is 0.815. The maximum absolute atomic E-state index is 13.3. The summed E-state index contributed by atoms with van der Waals surface area (Å²) in [6.45, 7) is 2.17. The summed E-state index contributed by atoms with van der Waals surface area (Å²) in [7, 11) is 0. The van der Waals surface area contributed by atoms with Crippen LogP contribution in [0.4, 0.5) is 4.39 Å². The second kappa shape index (κ2) is 6.74. The molecule has 0 heterocycles. The summed E-state index contributed by atoms with van der Waals surface area (Å²) in [6, 6.07) is 5.74. The highest BCUT2D eigenvalue weighted by molar-refractivity contribution is 5.94. The summed E-state index contributed by atoms with van der Waals surface area (Å²) in [5, 5.41) is 11.1. The Morgan fingerprint density at radius 3 is 2.67 bits per heavy atom. The van der Waals surface area contributed by atoms with Crippen LogP contribution in [0.2, 0.25) is 0 Å². The van der Waals surface area contributed by atoms with E-state index in [1.54, 1.807) is 6.07 Å². The van der Waals surface area contributed by atoms with Gasteiger partial charge in [0, 0.05) is 13.0 Å². The Bertz CT molecular complexity index is 434. The lowest BCUT2D eigenvalue weighted by atomic mass is 10.1. The number of hydrogen-bond donors (Lipinski definition) is 2. The Hall–Kier alpha value is -1.91. The highest BCUT2D eigenvalue weighted by atomic mass is 19.1. The number of carbonyl (C=O) groups is 2. The normalized spacial score (nSPS) is 11.9. The molecule has 1 aromatic carbocycles. The van der Waals surface area contributed by atoms with E-state index in [-0.39, 0.29) is 17.9 Å². The van der Waals surface area contributed by atoms with Crippen LogP contribution < -0.4 is 5.32 Å². The Morgan fingerprint density at radius 2 is 2.06 bits per heavy atom. The SMILES string of the molecule is CC(CCC(=O)O)CNC(=O)c1ccccc1F. The molecule has 0 aliphatic heterocycles. The van der Waals surface area contributed by atoms with E-state index in [0.717, 1.165) is 0 Å². The molecular formula is C13H16FNO3. The largest absolute Gasteiger partial charge is 0.481 e. The van der Waals surface area contributed by atoms with Gasteiger partial charge in [-0.2, -0.15) is 0 Å². The predicted octanol–water partition coefficient (Wildman–Crippen LogP) is 2.06. The summed E-state index contributed by atoms with van der Waals surface area (Å²) in [5.74, 6) is -1.86. The zero-order valence-electron chi connectivity index (χ0n) is 10.1. The smallest absolute Gasteiger partial charge is 0.303 e. The van der Waals surface area contributed by atoms with Gasteiger partial charge < -0.3 is 10.4 Å². The zero-order chi connectivity index (χ0) is 13.5. The Balaban J connectivity index is 2.42. The predicted molar refractivity (Wildman–Crippen MR) is 64.8 cm³/mol. The van der Waals surface area contributed by atoms with Gasteiger partial charge in [0.2, 0.25) is 0 Å². The van der Waals surface area contributed by atoms with Gasteiger partial charge in [-0.15, -0.1) is 0 Å². The molecule has 4 nitrogen and oxygen atoms in total. The molecule has 0 bridgehead atoms. The van der Waals surface area contributed by atoms with Gasteiger partial charge in [0.05, 0.1) is 5.56 Å². The Kier molecular flexibility index (Phi) is 5.30. The van der Waals surface area contributed by atoms with Crippen molar-refractivity contribution in [2.24, 2.45) is 5.92 Å². The van der Waals surface area contributed by atoms with E-state index >= 15 is 0 Å². The van der Waals surface area contributed by atoms with Crippen LogP contribution in [0.3, 0.4) is 0 Å². The number of hydrogen-bond acceptors (Lipinski definition) is 2. The van der Waals surface area contributed by atoms with Crippen LogP contribution in [0.5, 0.6) is 0 Å². The summed E-state index contributed by atoms with van der Waals surface area (Å²) >= 11 is 0. The molecule has 0 aromatic heterocycles. The number of carboxylic acids is 1. The monoisotopic (exact) mass is 253 g/mol. The molecule has 98 valence electrons. The minimum Gasteiger partial charge on any atom is -0.481 e. The van der Waals surface area contributed by atoms with Crippen molar-refractivity contribution in [1.29, 1.82) is 0 Å². The van der Waals surface area contributed by atoms with Crippen molar-refractivity contribution in [1.82, 2.24) is 5.32 Å². The molecule has 0 fully saturated rings. The number of halogens is 1. The number of benzene rings is 1. The van der Waals surface area contributed by atoms with Crippen molar-refractivity contribution in [3.05, 3.63) is 35.6 Å². The lowest BCUT2D eigenvalue weighted by Crippen LogP contribution is -2.29. The molecule has 0 aliphatic carbocycles. The summed E-state index contributed by atoms with van der Waals surface area (Å²) < 4.78 is 13.3. The third kappa shape index (κ3) is 4.53. The lowest BCUT2D eigenvalue weighted by Gasteiger charge is -2.11. The summed E-state index contributed by atoms with van der Waals surface area (Å²) in [5.41, 5.74) is 0.00272. The van der Waals surface area contributed by atoms with Crippen LogP contribution in [0, 0.1) is 11.7 Å². The van der Waals surface area contributed by atoms with Gasteiger partial charge in [0.15, 0.2) is 0 Å². The van der Waals surface area contributed by atoms with Crippen LogP contribution >= 0.6 is 0 Å². The molecule has 0 saturated carbocycles. The number of carbonyl (C=O) groups excluding carboxylic acids is 1. The minimum absolute atomic E-state index is 0.00272. The highest BCUT2D eigenvalue weighted by Gasteiger charge is 2.12. The molecule has 2 N–H and O–H groups in total. The topological polar surface area (TPSA) is 66.4 Å². The Labute approximate surface area is 105 Å². The van der Waals surface area contributed by atoms with Crippen LogP contribution in [-0.4, -0.2) is 23.5 Å². The van der Waals surface area contributed by atoms with Crippen molar-refractivity contribution in [2.75, 3.05) is 6.54 Å². The van der Waals surface area contributed by atoms with Crippen molar-refractivity contribution in [2.45, 2.75) is 19.8 Å². The molecule has 0 spiro atoms. The summed E-state index contributed by atoms with van der Waals surface area (Å²) in [4.78, 5) is 22.0. The molecule has 0 saturated heterocycles. The first-order valence-corrected chi connectivity index (χ1v) is 5.75. The first kappa shape index (κ1) is 14.2. The molecule has 0 radical (unpaired) electrons.